The van der Waals surface area contributed by atoms with E-state index in [0.29, 0.717) is 17.1 Å². The van der Waals surface area contributed by atoms with Gasteiger partial charge in [-0.1, -0.05) is 12.1 Å². The van der Waals surface area contributed by atoms with E-state index in [-0.39, 0.29) is 11.4 Å². The second kappa shape index (κ2) is 5.41. The smallest absolute Gasteiger partial charge is 0.502 e. The molecule has 0 amide bonds. The molecule has 0 bridgehead atoms. The highest BCUT2D eigenvalue weighted by molar-refractivity contribution is 5.82. The maximum Gasteiger partial charge on any atom is 0.573 e. The number of phenols is 1. The maximum absolute atomic E-state index is 12.4. The third kappa shape index (κ3) is 2.93. The van der Waals surface area contributed by atoms with Gasteiger partial charge in [0.1, 0.15) is 11.6 Å². The van der Waals surface area contributed by atoms with Crippen LogP contribution >= 0.6 is 0 Å². The molecule has 124 valence electrons. The number of nitro groups is 1. The van der Waals surface area contributed by atoms with Gasteiger partial charge in [-0.25, -0.2) is 4.98 Å². The summed E-state index contributed by atoms with van der Waals surface area (Å²) in [6.07, 6.45) is -5.03. The zero-order chi connectivity index (χ0) is 17.5. The van der Waals surface area contributed by atoms with Crippen LogP contribution < -0.4 is 4.74 Å². The first kappa shape index (κ1) is 15.6. The van der Waals surface area contributed by atoms with E-state index < -0.39 is 28.5 Å². The quantitative estimate of drug-likeness (QED) is 0.559. The van der Waals surface area contributed by atoms with Crippen molar-refractivity contribution in [2.75, 3.05) is 0 Å². The van der Waals surface area contributed by atoms with Gasteiger partial charge in [-0.05, 0) is 18.2 Å². The first-order valence-corrected chi connectivity index (χ1v) is 6.47. The summed E-state index contributed by atoms with van der Waals surface area (Å²) in [4.78, 5) is 16.8. The summed E-state index contributed by atoms with van der Waals surface area (Å²) >= 11 is 0. The van der Waals surface area contributed by atoms with Crippen molar-refractivity contribution < 1.29 is 27.9 Å². The van der Waals surface area contributed by atoms with E-state index in [0.717, 1.165) is 6.07 Å². The van der Waals surface area contributed by atoms with Crippen LogP contribution in [0.3, 0.4) is 0 Å². The number of para-hydroxylation sites is 2. The number of nitrogens with one attached hydrogen (secondary N) is 1. The number of hydrogen-bond donors (Lipinski definition) is 2. The molecule has 0 aliphatic carbocycles. The van der Waals surface area contributed by atoms with Crippen LogP contribution in [0.5, 0.6) is 11.5 Å². The molecule has 1 heterocycles. The Hall–Kier alpha value is -3.30. The van der Waals surface area contributed by atoms with Crippen molar-refractivity contribution in [1.29, 1.82) is 0 Å². The van der Waals surface area contributed by atoms with Crippen LogP contribution in [0.25, 0.3) is 22.4 Å². The molecular formula is C14H8F3N3O4. The first-order valence-electron chi connectivity index (χ1n) is 6.47. The van der Waals surface area contributed by atoms with Crippen LogP contribution in [-0.2, 0) is 0 Å². The molecule has 0 fully saturated rings. The van der Waals surface area contributed by atoms with E-state index >= 15 is 0 Å². The fourth-order valence-corrected chi connectivity index (χ4v) is 2.19. The third-order valence-electron chi connectivity index (χ3n) is 3.14. The predicted octanol–water partition coefficient (Wildman–Crippen LogP) is 3.74. The first-order chi connectivity index (χ1) is 11.2. The van der Waals surface area contributed by atoms with Crippen molar-refractivity contribution >= 4 is 16.7 Å². The Labute approximate surface area is 131 Å². The summed E-state index contributed by atoms with van der Waals surface area (Å²) in [5.41, 5.74) is -0.166. The number of benzene rings is 2. The number of alkyl halides is 3. The predicted molar refractivity (Wildman–Crippen MR) is 76.5 cm³/mol. The topological polar surface area (TPSA) is 101 Å². The monoisotopic (exact) mass is 339 g/mol. The fourth-order valence-electron chi connectivity index (χ4n) is 2.19. The number of fused-ring (bicyclic) bond motifs is 1. The van der Waals surface area contributed by atoms with Gasteiger partial charge >= 0.3 is 12.0 Å². The van der Waals surface area contributed by atoms with E-state index in [4.69, 9.17) is 0 Å². The Morgan fingerprint density at radius 1 is 1.25 bits per heavy atom. The number of H-pyrrole nitrogens is 1. The van der Waals surface area contributed by atoms with Crippen molar-refractivity contribution in [3.05, 3.63) is 46.5 Å². The molecule has 3 rings (SSSR count). The lowest BCUT2D eigenvalue weighted by molar-refractivity contribution is -0.386. The molecule has 2 N–H and O–H groups in total. The second-order valence-corrected chi connectivity index (χ2v) is 4.75. The highest BCUT2D eigenvalue weighted by Crippen LogP contribution is 2.41. The Balaban J connectivity index is 2.19. The number of ether oxygens (including phenoxy) is 1. The number of imidazole rings is 1. The molecule has 0 saturated heterocycles. The van der Waals surface area contributed by atoms with E-state index in [1.54, 1.807) is 24.3 Å². The van der Waals surface area contributed by atoms with Gasteiger partial charge in [-0.3, -0.25) is 10.1 Å². The Bertz CT molecular complexity index is 904. The van der Waals surface area contributed by atoms with Crippen molar-refractivity contribution in [3.63, 3.8) is 0 Å². The number of hydrogen-bond acceptors (Lipinski definition) is 5. The lowest BCUT2D eigenvalue weighted by atomic mass is 10.1. The molecule has 0 atom stereocenters. The molecule has 7 nitrogen and oxygen atoms in total. The number of aromatic hydroxyl groups is 1. The minimum Gasteiger partial charge on any atom is -0.502 e. The van der Waals surface area contributed by atoms with Crippen LogP contribution in [0.2, 0.25) is 0 Å². The van der Waals surface area contributed by atoms with Gasteiger partial charge in [-0.15, -0.1) is 13.2 Å². The van der Waals surface area contributed by atoms with Gasteiger partial charge in [0.05, 0.1) is 27.6 Å². The van der Waals surface area contributed by atoms with E-state index in [2.05, 4.69) is 14.7 Å². The number of aromatic nitrogens is 2. The van der Waals surface area contributed by atoms with Crippen LogP contribution in [0.15, 0.2) is 36.4 Å². The number of nitro benzene ring substituents is 1. The molecule has 2 aromatic carbocycles. The minimum absolute atomic E-state index is 0.0237. The summed E-state index contributed by atoms with van der Waals surface area (Å²) in [5.74, 6) is -1.67. The average Bonchev–Trinajstić information content (AvgIpc) is 2.90. The third-order valence-corrected chi connectivity index (χ3v) is 3.14. The van der Waals surface area contributed by atoms with E-state index in [1.165, 1.54) is 0 Å². The Morgan fingerprint density at radius 3 is 2.58 bits per heavy atom. The molecule has 24 heavy (non-hydrogen) atoms. The zero-order valence-electron chi connectivity index (χ0n) is 11.7. The van der Waals surface area contributed by atoms with Crippen LogP contribution in [-0.4, -0.2) is 26.4 Å². The summed E-state index contributed by atoms with van der Waals surface area (Å²) in [6.45, 7) is 0. The lowest BCUT2D eigenvalue weighted by Gasteiger charge is -2.10. The largest absolute Gasteiger partial charge is 0.573 e. The SMILES string of the molecule is O=[N+]([O-])c1cc(OC(F)(F)F)cc(-c2nc3ccccc3[nH]2)c1O. The summed E-state index contributed by atoms with van der Waals surface area (Å²) < 4.78 is 40.9. The molecule has 0 radical (unpaired) electrons. The molecule has 1 aromatic heterocycles. The second-order valence-electron chi connectivity index (χ2n) is 4.75. The van der Waals surface area contributed by atoms with E-state index in [9.17, 15) is 28.4 Å². The van der Waals surface area contributed by atoms with Gasteiger partial charge in [0, 0.05) is 0 Å². The molecule has 3 aromatic rings. The molecule has 0 aliphatic rings. The van der Waals surface area contributed by atoms with Crippen LogP contribution in [0.4, 0.5) is 18.9 Å². The van der Waals surface area contributed by atoms with Gasteiger partial charge in [0.2, 0.25) is 5.75 Å². The normalized spacial score (nSPS) is 11.6. The lowest BCUT2D eigenvalue weighted by Crippen LogP contribution is -2.17. The number of halogens is 3. The zero-order valence-corrected chi connectivity index (χ0v) is 11.7. The fraction of sp³-hybridized carbons (Fsp3) is 0.0714. The van der Waals surface area contributed by atoms with Crippen molar-refractivity contribution in [1.82, 2.24) is 9.97 Å². The number of phenolic OH excluding ortho intramolecular Hbond substituents is 1. The van der Waals surface area contributed by atoms with Crippen molar-refractivity contribution in [2.45, 2.75) is 6.36 Å². The van der Waals surface area contributed by atoms with Crippen LogP contribution in [0, 0.1) is 10.1 Å². The number of nitrogens with zero attached hydrogens (tertiary/aromatic N) is 2. The van der Waals surface area contributed by atoms with Crippen molar-refractivity contribution in [3.8, 4) is 22.9 Å². The number of aromatic amines is 1. The Morgan fingerprint density at radius 2 is 1.96 bits per heavy atom. The molecule has 10 heteroatoms. The maximum atomic E-state index is 12.4. The van der Waals surface area contributed by atoms with E-state index in [1.807, 2.05) is 0 Å². The molecule has 0 saturated carbocycles. The average molecular weight is 339 g/mol. The summed E-state index contributed by atoms with van der Waals surface area (Å²) in [6, 6.07) is 8.01. The van der Waals surface area contributed by atoms with Gasteiger partial charge in [0.15, 0.2) is 0 Å². The van der Waals surface area contributed by atoms with Gasteiger partial charge in [-0.2, -0.15) is 0 Å². The molecular weight excluding hydrogens is 331 g/mol. The highest BCUT2D eigenvalue weighted by atomic mass is 19.4. The highest BCUT2D eigenvalue weighted by Gasteiger charge is 2.33. The minimum atomic E-state index is -5.03. The molecule has 0 unspecified atom stereocenters. The van der Waals surface area contributed by atoms with Crippen LogP contribution in [0.1, 0.15) is 0 Å². The van der Waals surface area contributed by atoms with Gasteiger partial charge < -0.3 is 14.8 Å². The van der Waals surface area contributed by atoms with Crippen molar-refractivity contribution in [2.24, 2.45) is 0 Å². The molecule has 0 aliphatic heterocycles. The number of rotatable bonds is 3. The molecule has 0 spiro atoms. The Kier molecular flexibility index (Phi) is 3.51. The standard InChI is InChI=1S/C14H8F3N3O4/c15-14(16,17)24-7-5-8(12(21)11(6-7)20(22)23)13-18-9-3-1-2-4-10(9)19-13/h1-6,21H,(H,18,19). The summed E-state index contributed by atoms with van der Waals surface area (Å²) in [7, 11) is 0. The summed E-state index contributed by atoms with van der Waals surface area (Å²) in [5, 5.41) is 21.0. The van der Waals surface area contributed by atoms with Gasteiger partial charge in [0.25, 0.3) is 0 Å².